The largest absolute Gasteiger partial charge is 0.534 e. The van der Waals surface area contributed by atoms with Crippen LogP contribution in [0.25, 0.3) is 70.9 Å². The van der Waals surface area contributed by atoms with Crippen molar-refractivity contribution in [1.82, 2.24) is 24.9 Å². The number of carbonyl (C=O) groups excluding carboxylic acids is 7. The summed E-state index contributed by atoms with van der Waals surface area (Å²) in [4.78, 5) is 100. The van der Waals surface area contributed by atoms with E-state index in [1.54, 1.807) is 42.9 Å². The zero-order chi connectivity index (χ0) is 88.7. The highest BCUT2D eigenvalue weighted by Crippen LogP contribution is 2.58. The van der Waals surface area contributed by atoms with Gasteiger partial charge < -0.3 is 18.6 Å². The molecule has 0 amide bonds. The SMILES string of the molecule is CC1(C)CC(=O)C(C)(C)C1.CC1(C)CC(C)(C)C(C=O)=C1Br.CC1(C)CC(C)(C)C(c2ccc3cccnc3c2C=O)=C1C=O.CC1(C)CC(C)(C)c2c1ccc1c2ccc2cccnc21.CC1(C)OB(c2ccc3cccnc3c2C=O)OC1(C)C.O=Cc1c(O)ccc2cccnc12.O=Cc1c(OS(=O)(=O)C(F)(F)F)ccc2cccnc12. The van der Waals surface area contributed by atoms with E-state index in [2.05, 4.69) is 172 Å². The molecular weight excluding hydrogens is 1610 g/mol. The Bertz CT molecular complexity index is 6050. The standard InChI is InChI=1S/C20H21NO2.C20H21N.C16H18BNO3.C11H6F3NO4S.C10H15BrO.C10H7NO2.C9H16O/c1-19(2)12-20(3,4)17(16(19)11-23)14-8-7-13-6-5-9-21-18(13)15(14)10-22;1-19(2)12-20(3,4)17-14-8-7-13-6-5-11-21-18(13)15(14)9-10-16(17)19;1-15(2)16(3,4)21-17(20-15)13-8-7-11-6-5-9-18-14(11)12(13)10-19;12-11(13,14)20(17,18)19-9-4-3-7-2-1-5-15-10(7)8(9)6-16;1-9(2)6-10(3,4)8(11)7(9)5-12;12-6-8-9(13)4-3-7-2-1-5-11-10(7)8;1-8(2)5-7(10)9(3,4)6-8/h5-11H,12H2,1-4H3;5-11H,12H2,1-4H3;5-10H,1-4H3;1-6H;5H,6H2,1-4H3;1-6,13H;5-6H2,1-4H3. The first kappa shape index (κ1) is 91.9. The number of aldehydes is 6. The Morgan fingerprint density at radius 2 is 0.842 bits per heavy atom. The first-order valence-electron chi connectivity index (χ1n) is 39.6. The van der Waals surface area contributed by atoms with Gasteiger partial charge in [-0.1, -0.05) is 206 Å². The molecule has 0 unspecified atom stereocenters. The van der Waals surface area contributed by atoms with Gasteiger partial charge in [0.05, 0.1) is 49.9 Å². The number of phenolic OH excluding ortho intramolecular Hbond substituents is 1. The number of hydrogen-bond acceptors (Lipinski definition) is 18. The molecule has 1 saturated heterocycles. The van der Waals surface area contributed by atoms with Crippen LogP contribution in [0.4, 0.5) is 13.2 Å². The molecule has 16 rings (SSSR count). The third-order valence-corrected chi connectivity index (χ3v) is 26.0. The lowest BCUT2D eigenvalue weighted by Crippen LogP contribution is -2.41. The molecule has 0 bridgehead atoms. The number of halogens is 4. The molecule has 120 heavy (non-hydrogen) atoms. The summed E-state index contributed by atoms with van der Waals surface area (Å²) in [6.45, 7) is 42.9. The molecule has 1 aliphatic heterocycles. The lowest BCUT2D eigenvalue weighted by atomic mass is 9.75. The number of aromatic nitrogens is 5. The lowest BCUT2D eigenvalue weighted by Gasteiger charge is -2.32. The van der Waals surface area contributed by atoms with Crippen LogP contribution >= 0.6 is 15.9 Å². The van der Waals surface area contributed by atoms with E-state index in [1.165, 1.54) is 52.0 Å². The fourth-order valence-corrected chi connectivity index (χ4v) is 19.4. The highest BCUT2D eigenvalue weighted by atomic mass is 79.9. The summed E-state index contributed by atoms with van der Waals surface area (Å²) in [5.74, 6) is -0.317. The van der Waals surface area contributed by atoms with E-state index in [-0.39, 0.29) is 72.0 Å². The second-order valence-corrected chi connectivity index (χ2v) is 39.9. The van der Waals surface area contributed by atoms with Gasteiger partial charge in [-0.3, -0.25) is 58.5 Å². The van der Waals surface area contributed by atoms with Crippen LogP contribution in [0, 0.1) is 32.5 Å². The molecule has 1 saturated carbocycles. The number of alkyl halides is 3. The second kappa shape index (κ2) is 34.3. The Morgan fingerprint density at radius 1 is 0.433 bits per heavy atom. The third kappa shape index (κ3) is 18.9. The number of aromatic hydroxyl groups is 1. The number of nitrogens with zero attached hydrogens (tertiary/aromatic N) is 5. The number of phenols is 1. The second-order valence-electron chi connectivity index (χ2n) is 37.5. The van der Waals surface area contributed by atoms with Gasteiger partial charge in [-0.25, -0.2) is 0 Å². The molecule has 5 aromatic heterocycles. The molecule has 5 aliphatic rings. The van der Waals surface area contributed by atoms with Crippen LogP contribution in [0.3, 0.4) is 0 Å². The van der Waals surface area contributed by atoms with E-state index in [4.69, 9.17) is 9.31 Å². The highest BCUT2D eigenvalue weighted by molar-refractivity contribution is 9.11. The van der Waals surface area contributed by atoms with Gasteiger partial charge in [-0.05, 0) is 179 Å². The molecule has 6 aromatic carbocycles. The molecule has 628 valence electrons. The summed E-state index contributed by atoms with van der Waals surface area (Å²) in [5.41, 5.74) is 5.41. The van der Waals surface area contributed by atoms with E-state index in [1.807, 2.05) is 108 Å². The Kier molecular flexibility index (Phi) is 26.2. The van der Waals surface area contributed by atoms with Crippen LogP contribution in [-0.4, -0.2) is 106 Å². The Labute approximate surface area is 708 Å². The normalized spacial score (nSPS) is 18.7. The number of pyridine rings is 5. The lowest BCUT2D eigenvalue weighted by molar-refractivity contribution is -0.124. The van der Waals surface area contributed by atoms with Gasteiger partial charge in [0, 0.05) is 102 Å². The van der Waals surface area contributed by atoms with Gasteiger partial charge in [0.1, 0.15) is 24.1 Å². The maximum atomic E-state index is 12.3. The summed E-state index contributed by atoms with van der Waals surface area (Å²) < 4.78 is 75.8. The van der Waals surface area contributed by atoms with Gasteiger partial charge in [-0.15, -0.1) is 0 Å². The molecule has 0 radical (unpaired) electrons. The number of rotatable bonds is 10. The minimum absolute atomic E-state index is 0.0267. The molecule has 0 atom stereocenters. The van der Waals surface area contributed by atoms with Crippen molar-refractivity contribution in [1.29, 1.82) is 0 Å². The molecule has 4 aliphatic carbocycles. The van der Waals surface area contributed by atoms with Crippen LogP contribution in [0.15, 0.2) is 180 Å². The fourth-order valence-electron chi connectivity index (χ4n) is 18.2. The van der Waals surface area contributed by atoms with E-state index >= 15 is 0 Å². The molecule has 11 aromatic rings. The first-order chi connectivity index (χ1) is 55.8. The van der Waals surface area contributed by atoms with Crippen molar-refractivity contribution >= 4 is 153 Å². The van der Waals surface area contributed by atoms with Gasteiger partial charge in [0.15, 0.2) is 30.9 Å². The number of allylic oxidation sites excluding steroid dienone is 4. The highest BCUT2D eigenvalue weighted by Gasteiger charge is 2.53. The van der Waals surface area contributed by atoms with Crippen molar-refractivity contribution in [3.05, 3.63) is 219 Å². The number of fused-ring (bicyclic) bond motifs is 9. The number of hydrogen-bond donors (Lipinski definition) is 1. The quantitative estimate of drug-likeness (QED) is 0.0438. The van der Waals surface area contributed by atoms with E-state index in [0.717, 1.165) is 111 Å². The average Bonchev–Trinajstić information content (AvgIpc) is 1.55. The van der Waals surface area contributed by atoms with E-state index in [0.29, 0.717) is 45.1 Å². The topological polar surface area (TPSA) is 266 Å². The molecule has 6 heterocycles. The maximum absolute atomic E-state index is 12.3. The van der Waals surface area contributed by atoms with E-state index in [9.17, 15) is 60.3 Å². The van der Waals surface area contributed by atoms with Crippen molar-refractivity contribution in [2.24, 2.45) is 32.5 Å². The van der Waals surface area contributed by atoms with Crippen molar-refractivity contribution in [2.75, 3.05) is 0 Å². The molecule has 24 heteroatoms. The van der Waals surface area contributed by atoms with Gasteiger partial charge in [0.25, 0.3) is 0 Å². The Morgan fingerprint density at radius 3 is 1.27 bits per heavy atom. The zero-order valence-electron chi connectivity index (χ0n) is 71.7. The maximum Gasteiger partial charge on any atom is 0.534 e. The van der Waals surface area contributed by atoms with Gasteiger partial charge >= 0.3 is 22.7 Å². The smallest absolute Gasteiger partial charge is 0.507 e. The molecular formula is C96H104BBrF3N5O13S. The third-order valence-electron chi connectivity index (χ3n) is 23.6. The van der Waals surface area contributed by atoms with Crippen molar-refractivity contribution in [3.8, 4) is 11.5 Å². The van der Waals surface area contributed by atoms with Crippen molar-refractivity contribution < 1.29 is 73.7 Å². The van der Waals surface area contributed by atoms with Crippen LogP contribution in [0.5, 0.6) is 11.5 Å². The fraction of sp³-hybridized carbons (Fsp3) is 0.375. The van der Waals surface area contributed by atoms with Crippen LogP contribution < -0.4 is 9.65 Å². The summed E-state index contributed by atoms with van der Waals surface area (Å²) in [5, 5.41) is 16.4. The number of carbonyl (C=O) groups is 7. The predicted octanol–water partition coefficient (Wildman–Crippen LogP) is 21.9. The summed E-state index contributed by atoms with van der Waals surface area (Å²) in [6.07, 6.45) is 17.5. The van der Waals surface area contributed by atoms with Crippen LogP contribution in [0.1, 0.15) is 229 Å². The molecule has 0 spiro atoms. The zero-order valence-corrected chi connectivity index (χ0v) is 74.1. The van der Waals surface area contributed by atoms with Crippen LogP contribution in [0.2, 0.25) is 0 Å². The number of Topliss-reactive ketones (excluding diaryl/α,β-unsaturated/α-hetero) is 1. The number of benzene rings is 6. The summed E-state index contributed by atoms with van der Waals surface area (Å²) >= 11 is 3.51. The van der Waals surface area contributed by atoms with Gasteiger partial charge in [-0.2, -0.15) is 21.6 Å². The van der Waals surface area contributed by atoms with E-state index < -0.39 is 39.7 Å². The number of ketones is 1. The summed E-state index contributed by atoms with van der Waals surface area (Å²) in [6, 6.07) is 40.8. The van der Waals surface area contributed by atoms with Crippen LogP contribution in [-0.2, 0) is 44.6 Å². The summed E-state index contributed by atoms with van der Waals surface area (Å²) in [7, 11) is -6.39. The Hall–Kier alpha value is -10.4. The minimum Gasteiger partial charge on any atom is -0.507 e. The molecule has 1 N–H and O–H groups in total. The Balaban J connectivity index is 0.000000150. The van der Waals surface area contributed by atoms with Crippen molar-refractivity contribution in [3.63, 3.8) is 0 Å². The molecule has 18 nitrogen and oxygen atoms in total. The van der Waals surface area contributed by atoms with Crippen molar-refractivity contribution in [2.45, 2.75) is 198 Å². The first-order valence-corrected chi connectivity index (χ1v) is 41.8. The average molecular weight is 1720 g/mol. The predicted molar refractivity (Wildman–Crippen MR) is 473 cm³/mol. The monoisotopic (exact) mass is 1710 g/mol. The molecule has 2 fully saturated rings. The minimum atomic E-state index is -5.84. The van der Waals surface area contributed by atoms with Gasteiger partial charge in [0.2, 0.25) is 0 Å².